The van der Waals surface area contributed by atoms with Gasteiger partial charge in [-0.2, -0.15) is 0 Å². The number of rotatable bonds is 27. The van der Waals surface area contributed by atoms with Crippen LogP contribution in [0, 0.1) is 0 Å². The molecule has 0 unspecified atom stereocenters. The van der Waals surface area contributed by atoms with Crippen LogP contribution in [0.4, 0.5) is 0 Å². The van der Waals surface area contributed by atoms with E-state index in [1.54, 1.807) is 0 Å². The second-order valence-corrected chi connectivity index (χ2v) is 72.4. The average Bonchev–Trinajstić information content (AvgIpc) is 0.759. The Hall–Kier alpha value is -0.719. The first kappa shape index (κ1) is 107. The van der Waals surface area contributed by atoms with Crippen molar-refractivity contribution in [3.05, 3.63) is 35.4 Å². The minimum atomic E-state index is -2.74. The number of nitrogens with two attached hydrogens (primary N) is 1. The van der Waals surface area contributed by atoms with Crippen LogP contribution < -0.4 is 5.73 Å². The molecule has 8 N–H and O–H groups in total. The Kier molecular flexibility index (Phi) is 36.2. The number of hydrogen-bond donors (Lipinski definition) is 7. The summed E-state index contributed by atoms with van der Waals surface area (Å²) in [6.07, 6.45) is -43.9. The molecule has 1 aromatic carbocycles. The first-order valence-electron chi connectivity index (χ1n) is 43.8. The molecule has 37 heteroatoms. The zero-order valence-corrected chi connectivity index (χ0v) is 86.3. The van der Waals surface area contributed by atoms with Gasteiger partial charge in [0.2, 0.25) is 0 Å². The standard InChI is InChI=1S/C85H163NO30Si6/c1-80(2,3)117(24,25)99-42-50-62-56(87)68(93-19)74(105-50)111-63-51(43-100-118(26,27)81(4,5)6)106-76(69(94-20)57(63)88)113-65-53(45-102-120(30,31)83(10,11)12)108-78(71(96-22)59(65)90)115-67-55(47-104-122(34,35)85(16,17)18)110-79(73(61(67)92)98-41-49-38-36-48(40-86)37-39-49)116-66-54(46-103-121(32,33)84(13,14)15)109-77(72(97-23)60(66)91)114-64-52(44-101-119(28,29)82(7,8)9)107-75(112-62)70(95-21)58(64)89/h36-39,50-79,87-92H,40-47,86H2,1-35H3/t50-,51-,52-,53-,54-,55-,56+,57+,58+,59+,60+,61+,62-,63-,64-,65-,66-,67-,68-,69-,70-,71-,72-,73-,74-,75-,76-,77-,78-,79-/m1/s1. The Morgan fingerprint density at radius 2 is 0.418 bits per heavy atom. The molecule has 0 amide bonds. The second-order valence-electron chi connectivity index (χ2n) is 43.5. The molecule has 12 bridgehead atoms. The predicted octanol–water partition coefficient (Wildman–Crippen LogP) is 10.1. The van der Waals surface area contributed by atoms with Gasteiger partial charge in [-0.05, 0) is 120 Å². The minimum absolute atomic E-state index is 0.121. The SMILES string of the molecule is CO[C@H]1[C@H]2O[C@H]3[C@H](O)[C@@H](OC)[C@@H](O[C@H]4[C@H](O)[C@@H](OC)[C@@H](O[C@H]5[C@H](O)[C@@H](OCc6ccc(CN)cc6)[C@@H](O[C@H]6[C@H](O)[C@@H](OC)[C@@H](O[C@H]7[C@H](O)[C@@H](OC)[C@@H](O[C@@H]([C@@H]1O)[C@@H](CO[Si](C)(C)C(C)(C)C)O2)O[C@@H]7CO[Si](C)(C)C(C)(C)C)O[C@@H]6CO[Si](C)(C)C(C)(C)C)O[C@@H]5CO[Si](C)(C)C(C)(C)C)O[C@@H]4CO[Si](C)(C)C(C)(C)C)O[C@@H]3CO[Si](C)(C)C(C)(C)C. The molecule has 0 saturated carbocycles. The van der Waals surface area contributed by atoms with Crippen molar-refractivity contribution in [1.82, 2.24) is 0 Å². The highest BCUT2D eigenvalue weighted by Crippen LogP contribution is 2.48. The average molecular weight is 1850 g/mol. The molecule has 0 aliphatic carbocycles. The van der Waals surface area contributed by atoms with Gasteiger partial charge in [-0.15, -0.1) is 0 Å². The lowest BCUT2D eigenvalue weighted by atomic mass is 9.94. The summed E-state index contributed by atoms with van der Waals surface area (Å²) in [7, 11) is -9.38. The van der Waals surface area contributed by atoms with E-state index in [0.717, 1.165) is 5.56 Å². The van der Waals surface area contributed by atoms with Crippen molar-refractivity contribution in [3.63, 3.8) is 0 Å². The quantitative estimate of drug-likeness (QED) is 0.0403. The van der Waals surface area contributed by atoms with Gasteiger partial charge in [-0.3, -0.25) is 0 Å². The summed E-state index contributed by atoms with van der Waals surface area (Å²) in [5.41, 5.74) is 7.67. The van der Waals surface area contributed by atoms with Crippen LogP contribution in [-0.4, -0.2) is 340 Å². The largest absolute Gasteiger partial charge is 0.414 e. The van der Waals surface area contributed by atoms with Crippen LogP contribution in [0.25, 0.3) is 0 Å². The molecule has 16 aliphatic heterocycles. The van der Waals surface area contributed by atoms with Crippen LogP contribution in [0.2, 0.25) is 109 Å². The maximum Gasteiger partial charge on any atom is 0.192 e. The summed E-state index contributed by atoms with van der Waals surface area (Å²) in [5, 5.41) is 78.6. The fourth-order valence-corrected chi connectivity index (χ4v) is 20.3. The van der Waals surface area contributed by atoms with Crippen LogP contribution in [0.5, 0.6) is 0 Å². The van der Waals surface area contributed by atoms with Gasteiger partial charge in [-0.1, -0.05) is 149 Å². The van der Waals surface area contributed by atoms with Crippen molar-refractivity contribution in [3.8, 4) is 0 Å². The summed E-state index contributed by atoms with van der Waals surface area (Å²) in [6, 6.07) is 7.49. The highest BCUT2D eigenvalue weighted by molar-refractivity contribution is 6.76. The third kappa shape index (κ3) is 24.6. The van der Waals surface area contributed by atoms with Crippen molar-refractivity contribution in [2.75, 3.05) is 75.2 Å². The predicted molar refractivity (Wildman–Crippen MR) is 473 cm³/mol. The van der Waals surface area contributed by atoms with E-state index in [4.69, 9.17) is 118 Å². The van der Waals surface area contributed by atoms with Gasteiger partial charge in [0.05, 0.1) is 46.2 Å². The number of hydrogen-bond acceptors (Lipinski definition) is 31. The van der Waals surface area contributed by atoms with Crippen LogP contribution in [-0.2, 0) is 125 Å². The molecule has 0 spiro atoms. The summed E-state index contributed by atoms with van der Waals surface area (Å²) < 4.78 is 167. The molecular formula is C85H163NO30Si6. The number of aliphatic hydroxyl groups excluding tert-OH is 6. The van der Waals surface area contributed by atoms with E-state index >= 15 is 0 Å². The molecule has 16 saturated heterocycles. The van der Waals surface area contributed by atoms with Gasteiger partial charge in [-0.25, -0.2) is 0 Å². The van der Waals surface area contributed by atoms with E-state index in [0.29, 0.717) is 5.56 Å². The summed E-state index contributed by atoms with van der Waals surface area (Å²) in [6.45, 7) is 61.8. The third-order valence-corrected chi connectivity index (χ3v) is 56.0. The van der Waals surface area contributed by atoms with Crippen molar-refractivity contribution < 1.29 is 142 Å². The molecule has 17 rings (SSSR count). The normalized spacial score (nSPS) is 37.2. The monoisotopic (exact) mass is 1850 g/mol. The Bertz CT molecular complexity index is 3370. The van der Waals surface area contributed by atoms with Crippen molar-refractivity contribution in [2.24, 2.45) is 5.73 Å². The van der Waals surface area contributed by atoms with Crippen molar-refractivity contribution >= 4 is 49.9 Å². The fourth-order valence-electron chi connectivity index (χ4n) is 14.2. The van der Waals surface area contributed by atoms with Crippen LogP contribution in [0.3, 0.4) is 0 Å². The molecule has 31 nitrogen and oxygen atoms in total. The smallest absolute Gasteiger partial charge is 0.192 e. The molecule has 122 heavy (non-hydrogen) atoms. The zero-order valence-electron chi connectivity index (χ0n) is 80.3. The Labute approximate surface area is 735 Å². The molecule has 16 fully saturated rings. The highest BCUT2D eigenvalue weighted by atomic mass is 28.4. The van der Waals surface area contributed by atoms with Gasteiger partial charge in [0.1, 0.15) is 146 Å². The molecule has 16 aliphatic rings. The number of benzene rings is 1. The van der Waals surface area contributed by atoms with Gasteiger partial charge in [0.25, 0.3) is 0 Å². The van der Waals surface area contributed by atoms with Gasteiger partial charge >= 0.3 is 0 Å². The van der Waals surface area contributed by atoms with Gasteiger partial charge in [0.15, 0.2) is 87.6 Å². The first-order chi connectivity index (χ1) is 56.0. The molecule has 16 heterocycles. The van der Waals surface area contributed by atoms with Crippen LogP contribution in [0.15, 0.2) is 24.3 Å². The van der Waals surface area contributed by atoms with E-state index in [-0.39, 0.29) is 83.0 Å². The molecule has 0 radical (unpaired) electrons. The third-order valence-electron chi connectivity index (χ3n) is 29.0. The first-order valence-corrected chi connectivity index (χ1v) is 61.2. The number of aliphatic hydroxyl groups is 6. The second kappa shape index (κ2) is 41.4. The van der Waals surface area contributed by atoms with Crippen LogP contribution >= 0.6 is 0 Å². The van der Waals surface area contributed by atoms with Gasteiger partial charge in [0, 0.05) is 42.1 Å². The molecule has 0 aromatic heterocycles. The van der Waals surface area contributed by atoms with E-state index in [1.807, 2.05) is 24.3 Å². The summed E-state index contributed by atoms with van der Waals surface area (Å²) >= 11 is 0. The lowest BCUT2D eigenvalue weighted by Crippen LogP contribution is -2.70. The Balaban J connectivity index is 1.38. The van der Waals surface area contributed by atoms with E-state index in [1.165, 1.54) is 35.5 Å². The van der Waals surface area contributed by atoms with E-state index in [9.17, 15) is 30.6 Å². The van der Waals surface area contributed by atoms with E-state index < -0.39 is 234 Å². The number of ether oxygens (including phenoxy) is 18. The Morgan fingerprint density at radius 3 is 0.574 bits per heavy atom. The lowest BCUT2D eigenvalue weighted by Gasteiger charge is -2.53. The topological polar surface area (TPSA) is 369 Å². The molecule has 1 aromatic rings. The zero-order chi connectivity index (χ0) is 91.9. The Morgan fingerprint density at radius 1 is 0.262 bits per heavy atom. The highest BCUT2D eigenvalue weighted by Gasteiger charge is 2.62. The lowest BCUT2D eigenvalue weighted by molar-refractivity contribution is -0.407. The van der Waals surface area contributed by atoms with Crippen LogP contribution in [0.1, 0.15) is 136 Å². The van der Waals surface area contributed by atoms with E-state index in [2.05, 4.69) is 203 Å². The minimum Gasteiger partial charge on any atom is -0.414 e. The van der Waals surface area contributed by atoms with Crippen molar-refractivity contribution in [1.29, 1.82) is 0 Å². The fraction of sp³-hybridized carbons (Fsp3) is 0.929. The molecule has 712 valence electrons. The summed E-state index contributed by atoms with van der Waals surface area (Å²) in [5.74, 6) is 0. The molecular weight excluding hydrogens is 1680 g/mol. The maximum atomic E-state index is 13.8. The van der Waals surface area contributed by atoms with Crippen molar-refractivity contribution in [2.45, 2.75) is 431 Å². The summed E-state index contributed by atoms with van der Waals surface area (Å²) in [4.78, 5) is 0. The van der Waals surface area contributed by atoms with Gasteiger partial charge < -0.3 is 148 Å². The maximum absolute atomic E-state index is 13.8. The number of methoxy groups -OCH3 is 5. The molecule has 30 atom stereocenters.